The quantitative estimate of drug-likeness (QED) is 0.785. The maximum Gasteiger partial charge on any atom is 0.0704 e. The van der Waals surface area contributed by atoms with Gasteiger partial charge >= 0.3 is 0 Å². The van der Waals surface area contributed by atoms with Gasteiger partial charge < -0.3 is 5.73 Å². The van der Waals surface area contributed by atoms with Crippen LogP contribution in [0.3, 0.4) is 0 Å². The van der Waals surface area contributed by atoms with Crippen molar-refractivity contribution in [3.8, 4) is 0 Å². The molecule has 0 aromatic heterocycles. The number of nitrogens with two attached hydrogens (primary N) is 1. The zero-order valence-electron chi connectivity index (χ0n) is 8.03. The van der Waals surface area contributed by atoms with Gasteiger partial charge in [0.2, 0.25) is 0 Å². The lowest BCUT2D eigenvalue weighted by atomic mass is 10.0. The minimum Gasteiger partial charge on any atom is -0.398 e. The molecule has 1 aromatic rings. The van der Waals surface area contributed by atoms with E-state index in [2.05, 4.69) is 28.1 Å². The van der Waals surface area contributed by atoms with Crippen molar-refractivity contribution in [3.05, 3.63) is 28.2 Å². The normalized spacial score (nSPS) is 22.9. The van der Waals surface area contributed by atoms with Gasteiger partial charge in [0.05, 0.1) is 12.6 Å². The Bertz CT molecular complexity index is 343. The highest BCUT2D eigenvalue weighted by Crippen LogP contribution is 2.31. The third-order valence-electron chi connectivity index (χ3n) is 2.53. The minimum atomic E-state index is 0.354. The van der Waals surface area contributed by atoms with E-state index >= 15 is 0 Å². The van der Waals surface area contributed by atoms with Gasteiger partial charge in [0.1, 0.15) is 0 Å². The van der Waals surface area contributed by atoms with Crippen molar-refractivity contribution in [2.24, 2.45) is 0 Å². The lowest BCUT2D eigenvalue weighted by Gasteiger charge is -2.18. The van der Waals surface area contributed by atoms with Gasteiger partial charge in [0.15, 0.2) is 0 Å². The first-order valence-corrected chi connectivity index (χ1v) is 5.38. The highest BCUT2D eigenvalue weighted by molar-refractivity contribution is 9.10. The number of halogens is 1. The Morgan fingerprint density at radius 2 is 2.36 bits per heavy atom. The molecule has 1 atom stereocenters. The van der Waals surface area contributed by atoms with Crippen molar-refractivity contribution < 1.29 is 4.84 Å². The highest BCUT2D eigenvalue weighted by atomic mass is 79.9. The van der Waals surface area contributed by atoms with Crippen molar-refractivity contribution in [3.63, 3.8) is 0 Å². The van der Waals surface area contributed by atoms with Crippen LogP contribution in [0.25, 0.3) is 0 Å². The first-order valence-electron chi connectivity index (χ1n) is 4.59. The van der Waals surface area contributed by atoms with Crippen molar-refractivity contribution in [1.29, 1.82) is 0 Å². The van der Waals surface area contributed by atoms with E-state index < -0.39 is 0 Å². The van der Waals surface area contributed by atoms with Crippen molar-refractivity contribution in [2.75, 3.05) is 19.4 Å². The summed E-state index contributed by atoms with van der Waals surface area (Å²) < 4.78 is 0.954. The number of nitrogens with zero attached hydrogens (tertiary/aromatic N) is 1. The van der Waals surface area contributed by atoms with Crippen molar-refractivity contribution >= 4 is 21.6 Å². The molecule has 0 bridgehead atoms. The zero-order chi connectivity index (χ0) is 10.1. The van der Waals surface area contributed by atoms with E-state index in [9.17, 15) is 0 Å². The molecule has 76 valence electrons. The number of benzene rings is 1. The Kier molecular flexibility index (Phi) is 2.76. The fraction of sp³-hybridized carbons (Fsp3) is 0.400. The molecular formula is C10H13BrN2O. The van der Waals surface area contributed by atoms with Crippen LogP contribution in [-0.4, -0.2) is 18.7 Å². The predicted octanol–water partition coefficient (Wildman–Crippen LogP) is 2.34. The molecule has 1 aromatic carbocycles. The van der Waals surface area contributed by atoms with Crippen LogP contribution >= 0.6 is 15.9 Å². The molecule has 1 unspecified atom stereocenters. The number of hydroxylamine groups is 2. The van der Waals surface area contributed by atoms with E-state index in [0.717, 1.165) is 23.2 Å². The van der Waals surface area contributed by atoms with Gasteiger partial charge in [0, 0.05) is 17.2 Å². The second-order valence-electron chi connectivity index (χ2n) is 3.46. The van der Waals surface area contributed by atoms with Crippen LogP contribution in [0.2, 0.25) is 0 Å². The van der Waals surface area contributed by atoms with Gasteiger partial charge in [-0.15, -0.1) is 0 Å². The summed E-state index contributed by atoms with van der Waals surface area (Å²) in [5, 5.41) is 1.90. The van der Waals surface area contributed by atoms with Crippen LogP contribution in [0.5, 0.6) is 0 Å². The SMILES string of the molecule is CN1OCCC1c1ccc(N)c(Br)c1. The Labute approximate surface area is 91.9 Å². The van der Waals surface area contributed by atoms with Crippen LogP contribution in [0, 0.1) is 0 Å². The Hall–Kier alpha value is -0.580. The summed E-state index contributed by atoms with van der Waals surface area (Å²) in [6.07, 6.45) is 1.03. The molecule has 0 saturated carbocycles. The van der Waals surface area contributed by atoms with Gasteiger partial charge in [-0.1, -0.05) is 6.07 Å². The Balaban J connectivity index is 2.28. The van der Waals surface area contributed by atoms with E-state index in [4.69, 9.17) is 10.6 Å². The molecule has 14 heavy (non-hydrogen) atoms. The molecule has 1 heterocycles. The second kappa shape index (κ2) is 3.88. The summed E-state index contributed by atoms with van der Waals surface area (Å²) in [4.78, 5) is 5.38. The van der Waals surface area contributed by atoms with Crippen LogP contribution in [0.4, 0.5) is 5.69 Å². The summed E-state index contributed by atoms with van der Waals surface area (Å²) in [6, 6.07) is 6.39. The van der Waals surface area contributed by atoms with Gasteiger partial charge in [0.25, 0.3) is 0 Å². The van der Waals surface area contributed by atoms with E-state index in [1.54, 1.807) is 0 Å². The van der Waals surface area contributed by atoms with Crippen LogP contribution in [-0.2, 0) is 4.84 Å². The van der Waals surface area contributed by atoms with Gasteiger partial charge in [-0.2, -0.15) is 5.06 Å². The molecule has 2 N–H and O–H groups in total. The molecular weight excluding hydrogens is 244 g/mol. The topological polar surface area (TPSA) is 38.5 Å². The predicted molar refractivity (Wildman–Crippen MR) is 59.6 cm³/mol. The average Bonchev–Trinajstić information content (AvgIpc) is 2.57. The summed E-state index contributed by atoms with van der Waals surface area (Å²) in [7, 11) is 1.96. The number of anilines is 1. The van der Waals surface area contributed by atoms with Crippen molar-refractivity contribution in [1.82, 2.24) is 5.06 Å². The van der Waals surface area contributed by atoms with Crippen LogP contribution < -0.4 is 5.73 Å². The maximum atomic E-state index is 5.73. The Morgan fingerprint density at radius 1 is 1.57 bits per heavy atom. The zero-order valence-corrected chi connectivity index (χ0v) is 9.62. The smallest absolute Gasteiger partial charge is 0.0704 e. The molecule has 1 aliphatic rings. The van der Waals surface area contributed by atoms with Gasteiger partial charge in [-0.3, -0.25) is 4.84 Å². The molecule has 1 saturated heterocycles. The van der Waals surface area contributed by atoms with Crippen LogP contribution in [0.15, 0.2) is 22.7 Å². The summed E-state index contributed by atoms with van der Waals surface area (Å²) in [5.74, 6) is 0. The second-order valence-corrected chi connectivity index (χ2v) is 4.32. The lowest BCUT2D eigenvalue weighted by Crippen LogP contribution is -2.16. The van der Waals surface area contributed by atoms with Gasteiger partial charge in [-0.25, -0.2) is 0 Å². The first kappa shape index (κ1) is 9.96. The van der Waals surface area contributed by atoms with E-state index in [1.807, 2.05) is 18.2 Å². The molecule has 4 heteroatoms. The molecule has 2 rings (SSSR count). The number of hydrogen-bond donors (Lipinski definition) is 1. The average molecular weight is 257 g/mol. The molecule has 3 nitrogen and oxygen atoms in total. The monoisotopic (exact) mass is 256 g/mol. The minimum absolute atomic E-state index is 0.354. The molecule has 1 aliphatic heterocycles. The number of nitrogen functional groups attached to an aromatic ring is 1. The van der Waals surface area contributed by atoms with Crippen LogP contribution in [0.1, 0.15) is 18.0 Å². The fourth-order valence-electron chi connectivity index (χ4n) is 1.71. The van der Waals surface area contributed by atoms with E-state index in [0.29, 0.717) is 6.04 Å². The van der Waals surface area contributed by atoms with E-state index in [-0.39, 0.29) is 0 Å². The standard InChI is InChI=1S/C10H13BrN2O/c1-13-10(4-5-14-13)7-2-3-9(12)8(11)6-7/h2-3,6,10H,4-5,12H2,1H3. The van der Waals surface area contributed by atoms with Crippen molar-refractivity contribution in [2.45, 2.75) is 12.5 Å². The first-order chi connectivity index (χ1) is 6.68. The summed E-state index contributed by atoms with van der Waals surface area (Å²) in [6.45, 7) is 0.795. The lowest BCUT2D eigenvalue weighted by molar-refractivity contribution is -0.110. The number of rotatable bonds is 1. The Morgan fingerprint density at radius 3 is 2.93 bits per heavy atom. The fourth-order valence-corrected chi connectivity index (χ4v) is 2.10. The largest absolute Gasteiger partial charge is 0.398 e. The molecule has 0 aliphatic carbocycles. The third kappa shape index (κ3) is 1.78. The highest BCUT2D eigenvalue weighted by Gasteiger charge is 2.23. The molecule has 1 fully saturated rings. The third-order valence-corrected chi connectivity index (χ3v) is 3.22. The molecule has 0 amide bonds. The molecule has 0 spiro atoms. The summed E-state index contributed by atoms with van der Waals surface area (Å²) >= 11 is 3.43. The summed E-state index contributed by atoms with van der Waals surface area (Å²) in [5.41, 5.74) is 7.75. The molecule has 0 radical (unpaired) electrons. The van der Waals surface area contributed by atoms with Gasteiger partial charge in [-0.05, 0) is 40.0 Å². The van der Waals surface area contributed by atoms with E-state index in [1.165, 1.54) is 5.56 Å². The number of hydrogen-bond acceptors (Lipinski definition) is 3. The maximum absolute atomic E-state index is 5.73.